The molecule has 3 rings (SSSR count). The lowest BCUT2D eigenvalue weighted by Gasteiger charge is -2.24. The molecule has 4 atom stereocenters. The molecule has 26 nitrogen and oxygen atoms in total. The number of rotatable bonds is 23. The number of carboxylic acid groups (broad SMARTS) is 3. The van der Waals surface area contributed by atoms with Gasteiger partial charge in [-0.15, -0.1) is 0 Å². The number of carbonyl (C=O) groups is 8. The van der Waals surface area contributed by atoms with Gasteiger partial charge in [-0.25, -0.2) is 14.8 Å². The van der Waals surface area contributed by atoms with E-state index in [2.05, 4.69) is 56.8 Å². The van der Waals surface area contributed by atoms with E-state index in [9.17, 15) is 58.5 Å². The van der Waals surface area contributed by atoms with Gasteiger partial charge in [0.15, 0.2) is 17.1 Å². The van der Waals surface area contributed by atoms with Crippen LogP contribution in [0.3, 0.4) is 0 Å². The van der Waals surface area contributed by atoms with Crippen LogP contribution in [0.4, 0.5) is 11.6 Å². The molecule has 322 valence electrons. The maximum absolute atomic E-state index is 13.3. The number of nitrogen functional groups attached to an aromatic ring is 1. The number of H-pyrrole nitrogens is 1. The van der Waals surface area contributed by atoms with E-state index in [4.69, 9.17) is 17.2 Å². The third-order valence-corrected chi connectivity index (χ3v) is 8.24. The summed E-state index contributed by atoms with van der Waals surface area (Å²) in [5.74, 6) is -9.67. The minimum Gasteiger partial charge on any atom is -0.481 e. The van der Waals surface area contributed by atoms with Gasteiger partial charge in [-0.05, 0) is 43.5 Å². The van der Waals surface area contributed by atoms with E-state index in [1.54, 1.807) is 0 Å². The number of nitrogens with zero attached hydrogens (tertiary/aromatic N) is 4. The van der Waals surface area contributed by atoms with Gasteiger partial charge in [0.2, 0.25) is 29.6 Å². The van der Waals surface area contributed by atoms with Crippen LogP contribution in [0.15, 0.2) is 40.2 Å². The topological polar surface area (TPSA) is 431 Å². The highest BCUT2D eigenvalue weighted by molar-refractivity contribution is 5.98. The molecule has 0 aliphatic carbocycles. The quantitative estimate of drug-likeness (QED) is 0.0246. The first-order valence-corrected chi connectivity index (χ1v) is 17.9. The Kier molecular flexibility index (Phi) is 17.1. The smallest absolute Gasteiger partial charge is 0.326 e. The van der Waals surface area contributed by atoms with Crippen molar-refractivity contribution < 1.29 is 53.7 Å². The number of nitrogens with two attached hydrogens (primary N) is 3. The van der Waals surface area contributed by atoms with Gasteiger partial charge < -0.3 is 64.4 Å². The fourth-order valence-corrected chi connectivity index (χ4v) is 5.29. The lowest BCUT2D eigenvalue weighted by molar-refractivity contribution is -0.141. The van der Waals surface area contributed by atoms with Gasteiger partial charge in [0.25, 0.3) is 11.5 Å². The molecule has 0 aliphatic heterocycles. The summed E-state index contributed by atoms with van der Waals surface area (Å²) in [6.07, 6.45) is -1.62. The van der Waals surface area contributed by atoms with Crippen molar-refractivity contribution in [1.82, 2.24) is 46.5 Å². The number of benzene rings is 1. The highest BCUT2D eigenvalue weighted by Gasteiger charge is 2.32. The second-order valence-electron chi connectivity index (χ2n) is 12.8. The molecule has 60 heavy (non-hydrogen) atoms. The number of nitrogens with one attached hydrogen (secondary N) is 7. The Morgan fingerprint density at radius 2 is 1.42 bits per heavy atom. The predicted octanol–water partition coefficient (Wildman–Crippen LogP) is -3.93. The Hall–Kier alpha value is -7.93. The predicted molar refractivity (Wildman–Crippen MR) is 209 cm³/mol. The second-order valence-corrected chi connectivity index (χ2v) is 12.8. The molecule has 3 aromatic rings. The fourth-order valence-electron chi connectivity index (χ4n) is 5.29. The van der Waals surface area contributed by atoms with Crippen LogP contribution >= 0.6 is 0 Å². The molecule has 0 aliphatic rings. The number of aliphatic imine (C=N–C) groups is 1. The molecule has 0 radical (unpaired) electrons. The lowest BCUT2D eigenvalue weighted by Crippen LogP contribution is -2.57. The molecule has 26 heteroatoms. The van der Waals surface area contributed by atoms with Gasteiger partial charge in [-0.2, -0.15) is 4.98 Å². The van der Waals surface area contributed by atoms with Gasteiger partial charge in [-0.1, -0.05) is 0 Å². The molecule has 0 bridgehead atoms. The first kappa shape index (κ1) is 46.5. The number of aromatic nitrogens is 4. The van der Waals surface area contributed by atoms with Gasteiger partial charge in [0, 0.05) is 31.3 Å². The van der Waals surface area contributed by atoms with E-state index in [-0.39, 0.29) is 54.6 Å². The van der Waals surface area contributed by atoms with Crippen LogP contribution in [-0.2, 0) is 40.1 Å². The largest absolute Gasteiger partial charge is 0.481 e. The lowest BCUT2D eigenvalue weighted by atomic mass is 10.1. The summed E-state index contributed by atoms with van der Waals surface area (Å²) in [6.45, 7) is 0.110. The maximum atomic E-state index is 13.3. The van der Waals surface area contributed by atoms with Crippen LogP contribution in [0.25, 0.3) is 11.2 Å². The zero-order chi connectivity index (χ0) is 44.5. The highest BCUT2D eigenvalue weighted by atomic mass is 16.4. The van der Waals surface area contributed by atoms with E-state index in [1.807, 2.05) is 0 Å². The Balaban J connectivity index is 1.62. The molecular formula is C34H44N14O12. The van der Waals surface area contributed by atoms with Gasteiger partial charge in [0.05, 0.1) is 31.3 Å². The van der Waals surface area contributed by atoms with Crippen molar-refractivity contribution in [2.75, 3.05) is 24.6 Å². The Labute approximate surface area is 338 Å². The third-order valence-electron chi connectivity index (χ3n) is 8.24. The number of aromatic amines is 1. The number of amides is 5. The Bertz CT molecular complexity index is 2180. The number of carboxylic acids is 3. The van der Waals surface area contributed by atoms with Crippen LogP contribution in [0.2, 0.25) is 0 Å². The number of hydrogen-bond acceptors (Lipinski definition) is 15. The number of guanidine groups is 1. The first-order valence-electron chi connectivity index (χ1n) is 17.9. The summed E-state index contributed by atoms with van der Waals surface area (Å²) in [7, 11) is 1.20. The van der Waals surface area contributed by atoms with Crippen LogP contribution in [0, 0.1) is 0 Å². The molecule has 0 saturated carbocycles. The van der Waals surface area contributed by atoms with Crippen molar-refractivity contribution in [2.45, 2.75) is 69.2 Å². The van der Waals surface area contributed by atoms with Crippen molar-refractivity contribution in [3.05, 3.63) is 52.1 Å². The van der Waals surface area contributed by atoms with Gasteiger partial charge in [-0.3, -0.25) is 48.3 Å². The molecule has 0 unspecified atom stereocenters. The number of aliphatic carboxylic acids is 3. The zero-order valence-electron chi connectivity index (χ0n) is 31.9. The number of fused-ring (bicyclic) bond motifs is 1. The van der Waals surface area contributed by atoms with Crippen molar-refractivity contribution >= 4 is 76.2 Å². The number of hydrogen-bond donors (Lipinski definition) is 13. The molecule has 2 aromatic heterocycles. The van der Waals surface area contributed by atoms with Gasteiger partial charge >= 0.3 is 17.9 Å². The van der Waals surface area contributed by atoms with Crippen molar-refractivity contribution in [3.8, 4) is 0 Å². The van der Waals surface area contributed by atoms with Crippen LogP contribution in [0.1, 0.15) is 54.6 Å². The normalized spacial score (nSPS) is 12.7. The summed E-state index contributed by atoms with van der Waals surface area (Å²) >= 11 is 0. The molecule has 1 aromatic carbocycles. The SMILES string of the molecule is CNC(=O)[C@@H](CC(=O)O)NC(=O)[C@@H](CCCN=C(N)N)NC(=O)[C@@H](CC(=O)O)NC(=O)CC[C@@H](NC(=O)c1ccc(NCc2cnc3nc(N)[nH]c(=O)c3n2)cc1)C(=O)O. The molecule has 0 saturated heterocycles. The molecule has 16 N–H and O–H groups in total. The second kappa shape index (κ2) is 22.1. The van der Waals surface area contributed by atoms with E-state index in [0.717, 1.165) is 0 Å². The fraction of sp³-hybridized carbons (Fsp3) is 0.382. The number of anilines is 2. The van der Waals surface area contributed by atoms with Crippen molar-refractivity contribution in [3.63, 3.8) is 0 Å². The maximum Gasteiger partial charge on any atom is 0.326 e. The van der Waals surface area contributed by atoms with Crippen LogP contribution < -0.4 is 54.7 Å². The molecule has 5 amide bonds. The molecular weight excluding hydrogens is 796 g/mol. The third kappa shape index (κ3) is 14.9. The number of carbonyl (C=O) groups excluding carboxylic acids is 5. The monoisotopic (exact) mass is 840 g/mol. The van der Waals surface area contributed by atoms with E-state index >= 15 is 0 Å². The van der Waals surface area contributed by atoms with E-state index in [1.165, 1.54) is 37.5 Å². The average Bonchev–Trinajstić information content (AvgIpc) is 3.18. The van der Waals surface area contributed by atoms with Crippen molar-refractivity contribution in [2.24, 2.45) is 16.5 Å². The Morgan fingerprint density at radius 1 is 0.800 bits per heavy atom. The highest BCUT2D eigenvalue weighted by Crippen LogP contribution is 2.13. The zero-order valence-corrected chi connectivity index (χ0v) is 31.9. The first-order chi connectivity index (χ1) is 28.4. The molecule has 0 fully saturated rings. The standard InChI is InChI=1S/C34H44N14O12/c1-38-28(55)20(11-23(50)51)46-29(56)18(3-2-10-39-33(35)36)44-30(57)21(12-24(52)53)43-22(49)9-8-19(32(59)60)45-27(54)15-4-6-16(7-5-15)40-13-17-14-41-26-25(42-17)31(58)48-34(37)47-26/h4-7,14,18-21,40H,2-3,8-13H2,1H3,(H,38,55)(H,43,49)(H,44,57)(H,45,54)(H,46,56)(H,50,51)(H,52,53)(H,59,60)(H4,35,36,39)(H3,37,41,47,48,58)/t18-,19-,20-,21-/m1/s1. The molecule has 0 spiro atoms. The summed E-state index contributed by atoms with van der Waals surface area (Å²) in [5, 5.41) is 42.6. The van der Waals surface area contributed by atoms with Crippen molar-refractivity contribution in [1.29, 1.82) is 0 Å². The van der Waals surface area contributed by atoms with E-state index in [0.29, 0.717) is 11.4 Å². The average molecular weight is 841 g/mol. The van der Waals surface area contributed by atoms with Crippen LogP contribution in [0.5, 0.6) is 0 Å². The van der Waals surface area contributed by atoms with Crippen LogP contribution in [-0.4, -0.2) is 126 Å². The molecule has 2 heterocycles. The minimum absolute atomic E-state index is 0.0129. The van der Waals surface area contributed by atoms with Gasteiger partial charge in [0.1, 0.15) is 24.2 Å². The minimum atomic E-state index is -1.80. The number of likely N-dealkylation sites (N-methyl/N-ethyl adjacent to an activating group) is 1. The van der Waals surface area contributed by atoms with E-state index < -0.39 is 103 Å². The summed E-state index contributed by atoms with van der Waals surface area (Å²) in [5.41, 5.74) is 16.6. The summed E-state index contributed by atoms with van der Waals surface area (Å²) < 4.78 is 0. The summed E-state index contributed by atoms with van der Waals surface area (Å²) in [4.78, 5) is 130. The Morgan fingerprint density at radius 3 is 2.02 bits per heavy atom. The summed E-state index contributed by atoms with van der Waals surface area (Å²) in [6, 6.07) is -0.640.